The molecule has 1 saturated heterocycles. The average molecular weight is 323 g/mol. The first kappa shape index (κ1) is 15.3. The molecule has 2 heterocycles. The van der Waals surface area contributed by atoms with Crippen molar-refractivity contribution >= 4 is 21.6 Å². The second-order valence-corrected chi connectivity index (χ2v) is 7.89. The Balaban J connectivity index is 1.87. The first-order valence-electron chi connectivity index (χ1n) is 7.50. The molecule has 1 aromatic rings. The number of benzene rings is 1. The quantitative estimate of drug-likeness (QED) is 0.857. The number of fused-ring (bicyclic) bond motifs is 1. The molecule has 3 rings (SSSR count). The van der Waals surface area contributed by atoms with E-state index in [1.807, 2.05) is 17.9 Å². The number of rotatable bonds is 2. The van der Waals surface area contributed by atoms with Gasteiger partial charge in [0.2, 0.25) is 10.0 Å². The Labute approximate surface area is 131 Å². The van der Waals surface area contributed by atoms with Crippen LogP contribution >= 0.6 is 0 Å². The molecule has 1 atom stereocenters. The van der Waals surface area contributed by atoms with Crippen molar-refractivity contribution in [3.05, 3.63) is 29.3 Å². The van der Waals surface area contributed by atoms with Crippen molar-refractivity contribution in [2.75, 3.05) is 36.7 Å². The third-order valence-electron chi connectivity index (χ3n) is 4.34. The molecule has 22 heavy (non-hydrogen) atoms. The summed E-state index contributed by atoms with van der Waals surface area (Å²) in [6.45, 7) is 4.80. The van der Waals surface area contributed by atoms with E-state index >= 15 is 0 Å². The lowest BCUT2D eigenvalue weighted by atomic mass is 10.1. The molecule has 0 saturated carbocycles. The molecule has 1 N–H and O–H groups in total. The summed E-state index contributed by atoms with van der Waals surface area (Å²) < 4.78 is 24.9. The fraction of sp³-hybridized carbons (Fsp3) is 0.533. The maximum absolute atomic E-state index is 12.7. The average Bonchev–Trinajstić information content (AvgIpc) is 2.90. The van der Waals surface area contributed by atoms with Gasteiger partial charge in [-0.1, -0.05) is 0 Å². The van der Waals surface area contributed by atoms with E-state index in [4.69, 9.17) is 0 Å². The first-order valence-corrected chi connectivity index (χ1v) is 9.35. The standard InChI is InChI=1S/C15H21N3O3S/c1-11-10-16-6-8-17(11)15(19)13-3-4-14-12(9-13)5-7-18(14)22(2,20)21/h3-4,9,11,16H,5-8,10H2,1-2H3/t11-/m0/s1. The van der Waals surface area contributed by atoms with E-state index in [2.05, 4.69) is 5.32 Å². The fourth-order valence-electron chi connectivity index (χ4n) is 3.16. The van der Waals surface area contributed by atoms with Crippen molar-refractivity contribution in [1.82, 2.24) is 10.2 Å². The minimum atomic E-state index is -3.25. The first-order chi connectivity index (χ1) is 10.4. The van der Waals surface area contributed by atoms with Gasteiger partial charge >= 0.3 is 0 Å². The second-order valence-electron chi connectivity index (χ2n) is 5.98. The molecule has 0 aromatic heterocycles. The number of nitrogens with one attached hydrogen (secondary N) is 1. The number of anilines is 1. The summed E-state index contributed by atoms with van der Waals surface area (Å²) in [5, 5.41) is 3.27. The highest BCUT2D eigenvalue weighted by Gasteiger charge is 2.29. The van der Waals surface area contributed by atoms with Crippen molar-refractivity contribution in [1.29, 1.82) is 0 Å². The van der Waals surface area contributed by atoms with Gasteiger partial charge in [-0.25, -0.2) is 8.42 Å². The second kappa shape index (κ2) is 5.55. The van der Waals surface area contributed by atoms with Gasteiger partial charge in [0.15, 0.2) is 0 Å². The number of hydrogen-bond acceptors (Lipinski definition) is 4. The minimum Gasteiger partial charge on any atom is -0.333 e. The Hall–Kier alpha value is -1.60. The summed E-state index contributed by atoms with van der Waals surface area (Å²) in [6, 6.07) is 5.50. The van der Waals surface area contributed by atoms with Crippen LogP contribution in [-0.2, 0) is 16.4 Å². The molecule has 6 nitrogen and oxygen atoms in total. The molecular weight excluding hydrogens is 302 g/mol. The maximum atomic E-state index is 12.7. The third-order valence-corrected chi connectivity index (χ3v) is 5.52. The van der Waals surface area contributed by atoms with E-state index < -0.39 is 10.0 Å². The smallest absolute Gasteiger partial charge is 0.254 e. The van der Waals surface area contributed by atoms with Crippen molar-refractivity contribution in [3.8, 4) is 0 Å². The van der Waals surface area contributed by atoms with Crippen LogP contribution in [0.15, 0.2) is 18.2 Å². The SMILES string of the molecule is C[C@H]1CNCCN1C(=O)c1ccc2c(c1)CCN2S(C)(=O)=O. The number of piperazine rings is 1. The summed E-state index contributed by atoms with van der Waals surface area (Å²) in [4.78, 5) is 14.5. The number of amides is 1. The molecule has 2 aliphatic rings. The largest absolute Gasteiger partial charge is 0.333 e. The lowest BCUT2D eigenvalue weighted by Crippen LogP contribution is -2.52. The zero-order valence-corrected chi connectivity index (χ0v) is 13.7. The molecule has 1 fully saturated rings. The van der Waals surface area contributed by atoms with Gasteiger partial charge < -0.3 is 10.2 Å². The van der Waals surface area contributed by atoms with Crippen molar-refractivity contribution in [2.45, 2.75) is 19.4 Å². The summed E-state index contributed by atoms with van der Waals surface area (Å²) in [5.41, 5.74) is 2.27. The Morgan fingerprint density at radius 3 is 2.77 bits per heavy atom. The molecule has 1 aromatic carbocycles. The zero-order valence-electron chi connectivity index (χ0n) is 12.9. The van der Waals surface area contributed by atoms with E-state index in [1.54, 1.807) is 12.1 Å². The number of hydrogen-bond donors (Lipinski definition) is 1. The van der Waals surface area contributed by atoms with Gasteiger partial charge in [-0.3, -0.25) is 9.10 Å². The minimum absolute atomic E-state index is 0.0228. The molecule has 0 aliphatic carbocycles. The summed E-state index contributed by atoms with van der Waals surface area (Å²) in [5.74, 6) is 0.0228. The van der Waals surface area contributed by atoms with Gasteiger partial charge in [0, 0.05) is 37.8 Å². The predicted molar refractivity (Wildman–Crippen MR) is 85.7 cm³/mol. The van der Waals surface area contributed by atoms with Crippen molar-refractivity contribution in [2.24, 2.45) is 0 Å². The van der Waals surface area contributed by atoms with Crippen LogP contribution in [0.5, 0.6) is 0 Å². The maximum Gasteiger partial charge on any atom is 0.254 e. The van der Waals surface area contributed by atoms with Crippen LogP contribution in [0.1, 0.15) is 22.8 Å². The fourth-order valence-corrected chi connectivity index (χ4v) is 4.12. The van der Waals surface area contributed by atoms with E-state index in [0.29, 0.717) is 30.8 Å². The van der Waals surface area contributed by atoms with E-state index in [-0.39, 0.29) is 11.9 Å². The Morgan fingerprint density at radius 2 is 2.09 bits per heavy atom. The molecule has 0 spiro atoms. The molecule has 0 bridgehead atoms. The third kappa shape index (κ3) is 2.70. The molecule has 0 unspecified atom stereocenters. The molecule has 1 amide bonds. The van der Waals surface area contributed by atoms with Gasteiger partial charge in [-0.2, -0.15) is 0 Å². The highest BCUT2D eigenvalue weighted by atomic mass is 32.2. The topological polar surface area (TPSA) is 69.7 Å². The van der Waals surface area contributed by atoms with E-state index in [1.165, 1.54) is 10.6 Å². The highest BCUT2D eigenvalue weighted by Crippen LogP contribution is 2.31. The molecule has 7 heteroatoms. The van der Waals surface area contributed by atoms with Crippen LogP contribution in [0, 0.1) is 0 Å². The zero-order chi connectivity index (χ0) is 15.9. The summed E-state index contributed by atoms with van der Waals surface area (Å²) in [7, 11) is -3.25. The van der Waals surface area contributed by atoms with Crippen LogP contribution in [0.2, 0.25) is 0 Å². The number of carbonyl (C=O) groups excluding carboxylic acids is 1. The van der Waals surface area contributed by atoms with E-state index in [0.717, 1.165) is 18.7 Å². The molecule has 120 valence electrons. The van der Waals surface area contributed by atoms with Crippen LogP contribution in [-0.4, -0.2) is 57.7 Å². The van der Waals surface area contributed by atoms with Crippen molar-refractivity contribution < 1.29 is 13.2 Å². The van der Waals surface area contributed by atoms with E-state index in [9.17, 15) is 13.2 Å². The van der Waals surface area contributed by atoms with Gasteiger partial charge in [0.1, 0.15) is 0 Å². The summed E-state index contributed by atoms with van der Waals surface area (Å²) >= 11 is 0. The molecule has 0 radical (unpaired) electrons. The molecular formula is C15H21N3O3S. The summed E-state index contributed by atoms with van der Waals surface area (Å²) in [6.07, 6.45) is 1.87. The number of sulfonamides is 1. The van der Waals surface area contributed by atoms with Crippen LogP contribution < -0.4 is 9.62 Å². The lowest BCUT2D eigenvalue weighted by Gasteiger charge is -2.34. The Morgan fingerprint density at radius 1 is 1.32 bits per heavy atom. The van der Waals surface area contributed by atoms with Gasteiger partial charge in [0.25, 0.3) is 5.91 Å². The Bertz CT molecular complexity index is 702. The van der Waals surface area contributed by atoms with Gasteiger partial charge in [-0.05, 0) is 37.1 Å². The number of nitrogens with zero attached hydrogens (tertiary/aromatic N) is 2. The van der Waals surface area contributed by atoms with Crippen molar-refractivity contribution in [3.63, 3.8) is 0 Å². The van der Waals surface area contributed by atoms with Crippen LogP contribution in [0.4, 0.5) is 5.69 Å². The predicted octanol–water partition coefficient (Wildman–Crippen LogP) is 0.443. The lowest BCUT2D eigenvalue weighted by molar-refractivity contribution is 0.0655. The van der Waals surface area contributed by atoms with Gasteiger partial charge in [-0.15, -0.1) is 0 Å². The van der Waals surface area contributed by atoms with Crippen LogP contribution in [0.25, 0.3) is 0 Å². The molecule has 2 aliphatic heterocycles. The van der Waals surface area contributed by atoms with Crippen LogP contribution in [0.3, 0.4) is 0 Å². The highest BCUT2D eigenvalue weighted by molar-refractivity contribution is 7.92. The monoisotopic (exact) mass is 323 g/mol. The normalized spacial score (nSPS) is 21.8. The van der Waals surface area contributed by atoms with Gasteiger partial charge in [0.05, 0.1) is 11.9 Å². The number of carbonyl (C=O) groups is 1. The Kier molecular flexibility index (Phi) is 3.86.